The van der Waals surface area contributed by atoms with Crippen molar-refractivity contribution in [3.05, 3.63) is 0 Å². The predicted molar refractivity (Wildman–Crippen MR) is 69.0 cm³/mol. The minimum absolute atomic E-state index is 0.0144. The van der Waals surface area contributed by atoms with Crippen molar-refractivity contribution >= 4 is 11.9 Å². The van der Waals surface area contributed by atoms with Crippen molar-refractivity contribution in [2.75, 3.05) is 0 Å². The maximum Gasteiger partial charge on any atom is 0.303 e. The lowest BCUT2D eigenvalue weighted by Crippen LogP contribution is -2.48. The lowest BCUT2D eigenvalue weighted by Gasteiger charge is -2.31. The monoisotopic (exact) mass is 256 g/mol. The van der Waals surface area contributed by atoms with Gasteiger partial charge in [0, 0.05) is 23.9 Å². The molecule has 1 aliphatic carbocycles. The van der Waals surface area contributed by atoms with Crippen molar-refractivity contribution in [3.8, 4) is 0 Å². The largest absolute Gasteiger partial charge is 0.481 e. The number of hydrogen-bond donors (Lipinski definition) is 3. The molecule has 1 amide bonds. The molecule has 0 aliphatic heterocycles. The molecule has 0 heterocycles. The molecule has 0 aromatic rings. The molecule has 0 radical (unpaired) electrons. The molecule has 0 aromatic heterocycles. The molecule has 4 N–H and O–H groups in total. The van der Waals surface area contributed by atoms with Gasteiger partial charge in [0.05, 0.1) is 0 Å². The molecular formula is C13H24N2O3. The molecule has 1 fully saturated rings. The van der Waals surface area contributed by atoms with Crippen LogP contribution in [-0.4, -0.2) is 28.6 Å². The number of nitrogens with one attached hydrogen (secondary N) is 1. The van der Waals surface area contributed by atoms with Crippen molar-refractivity contribution in [1.29, 1.82) is 0 Å². The lowest BCUT2D eigenvalue weighted by molar-refractivity contribution is -0.138. The van der Waals surface area contributed by atoms with Crippen LogP contribution in [-0.2, 0) is 9.59 Å². The Hall–Kier alpha value is -1.10. The fourth-order valence-electron chi connectivity index (χ4n) is 2.38. The summed E-state index contributed by atoms with van der Waals surface area (Å²) in [4.78, 5) is 22.6. The summed E-state index contributed by atoms with van der Waals surface area (Å²) in [6.07, 6.45) is 4.11. The average molecular weight is 256 g/mol. The van der Waals surface area contributed by atoms with E-state index in [-0.39, 0.29) is 24.3 Å². The maximum atomic E-state index is 12.1. The quantitative estimate of drug-likeness (QED) is 0.690. The van der Waals surface area contributed by atoms with Crippen molar-refractivity contribution in [3.63, 3.8) is 0 Å². The van der Waals surface area contributed by atoms with Gasteiger partial charge in [0.25, 0.3) is 0 Å². The van der Waals surface area contributed by atoms with Gasteiger partial charge in [0.1, 0.15) is 0 Å². The van der Waals surface area contributed by atoms with E-state index in [2.05, 4.69) is 5.32 Å². The number of nitrogens with two attached hydrogens (primary N) is 1. The maximum absolute atomic E-state index is 12.1. The number of carbonyl (C=O) groups excluding carboxylic acids is 1. The highest BCUT2D eigenvalue weighted by Crippen LogP contribution is 2.24. The summed E-state index contributed by atoms with van der Waals surface area (Å²) in [5, 5.41) is 11.6. The summed E-state index contributed by atoms with van der Waals surface area (Å²) in [5.41, 5.74) is 5.39. The predicted octanol–water partition coefficient (Wildman–Crippen LogP) is 1.26. The molecule has 0 bridgehead atoms. The molecule has 1 rings (SSSR count). The third kappa shape index (κ3) is 5.04. The van der Waals surface area contributed by atoms with Crippen LogP contribution >= 0.6 is 0 Å². The van der Waals surface area contributed by atoms with Gasteiger partial charge < -0.3 is 16.2 Å². The molecule has 0 saturated heterocycles. The zero-order valence-corrected chi connectivity index (χ0v) is 11.2. The number of carboxylic acid groups (broad SMARTS) is 1. The first-order valence-corrected chi connectivity index (χ1v) is 6.59. The Morgan fingerprint density at radius 3 is 2.61 bits per heavy atom. The smallest absolute Gasteiger partial charge is 0.303 e. The Kier molecular flexibility index (Phi) is 5.14. The van der Waals surface area contributed by atoms with Crippen LogP contribution in [0.15, 0.2) is 0 Å². The van der Waals surface area contributed by atoms with Gasteiger partial charge in [-0.25, -0.2) is 0 Å². The van der Waals surface area contributed by atoms with Crippen molar-refractivity contribution < 1.29 is 14.7 Å². The molecular weight excluding hydrogens is 232 g/mol. The second-order valence-corrected chi connectivity index (χ2v) is 5.89. The highest BCUT2D eigenvalue weighted by Gasteiger charge is 2.29. The molecule has 1 saturated carbocycles. The third-order valence-electron chi connectivity index (χ3n) is 3.51. The number of rotatable bonds is 5. The fraction of sp³-hybridized carbons (Fsp3) is 0.846. The van der Waals surface area contributed by atoms with E-state index in [1.54, 1.807) is 0 Å². The Bertz CT molecular complexity index is 315. The first-order valence-electron chi connectivity index (χ1n) is 6.59. The van der Waals surface area contributed by atoms with Gasteiger partial charge in [0.2, 0.25) is 5.91 Å². The van der Waals surface area contributed by atoms with Gasteiger partial charge in [-0.1, -0.05) is 6.42 Å². The average Bonchev–Trinajstić information content (AvgIpc) is 2.26. The molecule has 2 unspecified atom stereocenters. The first-order chi connectivity index (χ1) is 8.30. The van der Waals surface area contributed by atoms with Crippen LogP contribution in [0, 0.1) is 5.92 Å². The Labute approximate surface area is 108 Å². The Balaban J connectivity index is 2.44. The number of carboxylic acids is 1. The SMILES string of the molecule is CC(C)(CCC(=O)O)NC(=O)C1CCCC(N)C1. The Morgan fingerprint density at radius 2 is 2.06 bits per heavy atom. The highest BCUT2D eigenvalue weighted by atomic mass is 16.4. The zero-order chi connectivity index (χ0) is 13.8. The van der Waals surface area contributed by atoms with Gasteiger partial charge in [-0.2, -0.15) is 0 Å². The molecule has 0 aromatic carbocycles. The normalized spacial score (nSPS) is 24.6. The summed E-state index contributed by atoms with van der Waals surface area (Å²) < 4.78 is 0. The standard InChI is InChI=1S/C13H24N2O3/c1-13(2,7-6-11(16)17)15-12(18)9-4-3-5-10(14)8-9/h9-10H,3-8,14H2,1-2H3,(H,15,18)(H,16,17). The van der Waals surface area contributed by atoms with Crippen LogP contribution in [0.5, 0.6) is 0 Å². The van der Waals surface area contributed by atoms with E-state index < -0.39 is 11.5 Å². The molecule has 1 aliphatic rings. The van der Waals surface area contributed by atoms with Gasteiger partial charge in [-0.05, 0) is 39.5 Å². The van der Waals surface area contributed by atoms with E-state index in [4.69, 9.17) is 10.8 Å². The second-order valence-electron chi connectivity index (χ2n) is 5.89. The van der Waals surface area contributed by atoms with E-state index in [0.717, 1.165) is 25.7 Å². The van der Waals surface area contributed by atoms with Gasteiger partial charge in [-0.15, -0.1) is 0 Å². The van der Waals surface area contributed by atoms with Crippen LogP contribution in [0.25, 0.3) is 0 Å². The van der Waals surface area contributed by atoms with Crippen molar-refractivity contribution in [2.45, 2.75) is 64.0 Å². The number of carbonyl (C=O) groups is 2. The Morgan fingerprint density at radius 1 is 1.39 bits per heavy atom. The topological polar surface area (TPSA) is 92.4 Å². The molecule has 5 nitrogen and oxygen atoms in total. The zero-order valence-electron chi connectivity index (χ0n) is 11.2. The lowest BCUT2D eigenvalue weighted by atomic mass is 9.85. The summed E-state index contributed by atoms with van der Waals surface area (Å²) in [6.45, 7) is 3.72. The van der Waals surface area contributed by atoms with Crippen molar-refractivity contribution in [2.24, 2.45) is 11.7 Å². The summed E-state index contributed by atoms with van der Waals surface area (Å²) in [6, 6.07) is 0.122. The van der Waals surface area contributed by atoms with Crippen LogP contribution in [0.4, 0.5) is 0 Å². The van der Waals surface area contributed by atoms with E-state index >= 15 is 0 Å². The molecule has 0 spiro atoms. The summed E-state index contributed by atoms with van der Waals surface area (Å²) in [5.74, 6) is -0.838. The number of aliphatic carboxylic acids is 1. The fourth-order valence-corrected chi connectivity index (χ4v) is 2.38. The minimum atomic E-state index is -0.836. The van der Waals surface area contributed by atoms with Gasteiger partial charge in [-0.3, -0.25) is 9.59 Å². The highest BCUT2D eigenvalue weighted by molar-refractivity contribution is 5.79. The molecule has 5 heteroatoms. The van der Waals surface area contributed by atoms with E-state index in [9.17, 15) is 9.59 Å². The molecule has 104 valence electrons. The third-order valence-corrected chi connectivity index (χ3v) is 3.51. The van der Waals surface area contributed by atoms with Gasteiger partial charge >= 0.3 is 5.97 Å². The summed E-state index contributed by atoms with van der Waals surface area (Å²) >= 11 is 0. The van der Waals surface area contributed by atoms with Crippen LogP contribution in [0.1, 0.15) is 52.4 Å². The van der Waals surface area contributed by atoms with Crippen LogP contribution in [0.2, 0.25) is 0 Å². The summed E-state index contributed by atoms with van der Waals surface area (Å²) in [7, 11) is 0. The van der Waals surface area contributed by atoms with E-state index in [1.165, 1.54) is 0 Å². The first kappa shape index (κ1) is 15.0. The molecule has 2 atom stereocenters. The van der Waals surface area contributed by atoms with E-state index in [0.29, 0.717) is 6.42 Å². The number of hydrogen-bond acceptors (Lipinski definition) is 3. The number of amides is 1. The van der Waals surface area contributed by atoms with Crippen molar-refractivity contribution in [1.82, 2.24) is 5.32 Å². The minimum Gasteiger partial charge on any atom is -0.481 e. The van der Waals surface area contributed by atoms with Crippen LogP contribution < -0.4 is 11.1 Å². The molecule has 18 heavy (non-hydrogen) atoms. The van der Waals surface area contributed by atoms with Gasteiger partial charge in [0.15, 0.2) is 0 Å². The van der Waals surface area contributed by atoms with E-state index in [1.807, 2.05) is 13.8 Å². The second kappa shape index (κ2) is 6.18. The van der Waals surface area contributed by atoms with Crippen LogP contribution in [0.3, 0.4) is 0 Å².